The second kappa shape index (κ2) is 3.59. The van der Waals surface area contributed by atoms with Crippen molar-refractivity contribution in [1.82, 2.24) is 10.4 Å². The molecule has 0 bridgehead atoms. The van der Waals surface area contributed by atoms with Gasteiger partial charge in [0.15, 0.2) is 5.78 Å². The molecule has 4 nitrogen and oxygen atoms in total. The summed E-state index contributed by atoms with van der Waals surface area (Å²) < 4.78 is 0. The van der Waals surface area contributed by atoms with E-state index in [4.69, 9.17) is 0 Å². The van der Waals surface area contributed by atoms with Crippen molar-refractivity contribution in [2.75, 3.05) is 6.54 Å². The molecule has 1 saturated carbocycles. The van der Waals surface area contributed by atoms with Crippen molar-refractivity contribution >= 4 is 11.7 Å². The lowest BCUT2D eigenvalue weighted by Gasteiger charge is -2.39. The fourth-order valence-corrected chi connectivity index (χ4v) is 2.45. The highest BCUT2D eigenvalue weighted by Crippen LogP contribution is 2.40. The molecule has 0 aromatic heterocycles. The molecule has 1 aliphatic heterocycles. The number of ketones is 1. The zero-order valence-corrected chi connectivity index (χ0v) is 9.38. The first kappa shape index (κ1) is 10.6. The topological polar surface area (TPSA) is 49.4 Å². The number of hydrogen-bond acceptors (Lipinski definition) is 3. The Balaban J connectivity index is 2.01. The van der Waals surface area contributed by atoms with E-state index in [9.17, 15) is 9.59 Å². The first-order chi connectivity index (χ1) is 7.01. The molecule has 1 saturated heterocycles. The number of hydrogen-bond donors (Lipinski definition) is 1. The van der Waals surface area contributed by atoms with Crippen molar-refractivity contribution in [3.05, 3.63) is 0 Å². The fraction of sp³-hybridized carbons (Fsp3) is 0.818. The van der Waals surface area contributed by atoms with Crippen LogP contribution < -0.4 is 5.43 Å². The minimum atomic E-state index is -0.106. The van der Waals surface area contributed by atoms with Gasteiger partial charge in [0.05, 0.1) is 6.54 Å². The van der Waals surface area contributed by atoms with E-state index in [1.54, 1.807) is 0 Å². The SMILES string of the molecule is CC(=O)CN1NC(C)(C2CCC2)CC1=O. The fourth-order valence-electron chi connectivity index (χ4n) is 2.45. The second-order valence-electron chi connectivity index (χ2n) is 5.02. The molecular formula is C11H18N2O2. The third-order valence-corrected chi connectivity index (χ3v) is 3.60. The van der Waals surface area contributed by atoms with Gasteiger partial charge in [-0.05, 0) is 32.6 Å². The van der Waals surface area contributed by atoms with Crippen LogP contribution in [0, 0.1) is 5.92 Å². The van der Waals surface area contributed by atoms with Crippen LogP contribution in [0.4, 0.5) is 0 Å². The Morgan fingerprint density at radius 1 is 1.60 bits per heavy atom. The lowest BCUT2D eigenvalue weighted by molar-refractivity contribution is -0.133. The van der Waals surface area contributed by atoms with Gasteiger partial charge in [0.25, 0.3) is 0 Å². The number of carbonyl (C=O) groups is 2. The Bertz CT molecular complexity index is 299. The minimum Gasteiger partial charge on any atom is -0.298 e. The molecule has 2 rings (SSSR count). The van der Waals surface area contributed by atoms with Gasteiger partial charge in [-0.2, -0.15) is 0 Å². The Labute approximate surface area is 90.0 Å². The summed E-state index contributed by atoms with van der Waals surface area (Å²) in [5.74, 6) is 0.673. The van der Waals surface area contributed by atoms with Crippen LogP contribution in [0.25, 0.3) is 0 Å². The number of rotatable bonds is 3. The summed E-state index contributed by atoms with van der Waals surface area (Å²) >= 11 is 0. The molecule has 1 amide bonds. The van der Waals surface area contributed by atoms with Crippen LogP contribution in [0.2, 0.25) is 0 Å². The maximum atomic E-state index is 11.7. The summed E-state index contributed by atoms with van der Waals surface area (Å²) in [5.41, 5.74) is 3.11. The lowest BCUT2D eigenvalue weighted by atomic mass is 9.71. The van der Waals surface area contributed by atoms with Crippen molar-refractivity contribution in [2.24, 2.45) is 5.92 Å². The molecule has 2 fully saturated rings. The van der Waals surface area contributed by atoms with Gasteiger partial charge in [-0.1, -0.05) is 6.42 Å². The summed E-state index contributed by atoms with van der Waals surface area (Å²) in [7, 11) is 0. The molecule has 1 unspecified atom stereocenters. The van der Waals surface area contributed by atoms with E-state index in [-0.39, 0.29) is 23.8 Å². The highest BCUT2D eigenvalue weighted by atomic mass is 16.2. The summed E-state index contributed by atoms with van der Waals surface area (Å²) in [4.78, 5) is 22.7. The molecule has 15 heavy (non-hydrogen) atoms. The average Bonchev–Trinajstić information content (AvgIpc) is 2.21. The van der Waals surface area contributed by atoms with Gasteiger partial charge in [0.1, 0.15) is 0 Å². The van der Waals surface area contributed by atoms with Crippen molar-refractivity contribution in [3.8, 4) is 0 Å². The van der Waals surface area contributed by atoms with E-state index in [1.165, 1.54) is 31.2 Å². The van der Waals surface area contributed by atoms with Gasteiger partial charge in [0.2, 0.25) is 5.91 Å². The molecule has 1 heterocycles. The van der Waals surface area contributed by atoms with E-state index in [1.807, 2.05) is 0 Å². The molecule has 0 spiro atoms. The van der Waals surface area contributed by atoms with Crippen LogP contribution >= 0.6 is 0 Å². The van der Waals surface area contributed by atoms with Gasteiger partial charge < -0.3 is 0 Å². The number of Topliss-reactive ketones (excluding diaryl/α,β-unsaturated/α-hetero) is 1. The van der Waals surface area contributed by atoms with Crippen LogP contribution in [0.5, 0.6) is 0 Å². The van der Waals surface area contributed by atoms with Crippen molar-refractivity contribution in [1.29, 1.82) is 0 Å². The average molecular weight is 210 g/mol. The van der Waals surface area contributed by atoms with Crippen LogP contribution in [0.3, 0.4) is 0 Å². The van der Waals surface area contributed by atoms with Gasteiger partial charge >= 0.3 is 0 Å². The monoisotopic (exact) mass is 210 g/mol. The molecule has 4 heteroatoms. The molecule has 2 aliphatic rings. The van der Waals surface area contributed by atoms with E-state index in [0.29, 0.717) is 12.3 Å². The predicted octanol–water partition coefficient (Wildman–Crippen LogP) is 0.871. The van der Waals surface area contributed by atoms with Crippen molar-refractivity contribution in [2.45, 2.75) is 45.1 Å². The first-order valence-electron chi connectivity index (χ1n) is 5.59. The Kier molecular flexibility index (Phi) is 2.54. The smallest absolute Gasteiger partial charge is 0.239 e. The first-order valence-corrected chi connectivity index (χ1v) is 5.59. The molecule has 1 N–H and O–H groups in total. The zero-order valence-electron chi connectivity index (χ0n) is 9.38. The van der Waals surface area contributed by atoms with E-state index >= 15 is 0 Å². The molecule has 1 aliphatic carbocycles. The van der Waals surface area contributed by atoms with Gasteiger partial charge in [-0.25, -0.2) is 5.43 Å². The summed E-state index contributed by atoms with van der Waals surface area (Å²) in [6.07, 6.45) is 4.20. The van der Waals surface area contributed by atoms with Gasteiger partial charge in [0, 0.05) is 12.0 Å². The zero-order chi connectivity index (χ0) is 11.1. The molecule has 0 radical (unpaired) electrons. The third kappa shape index (κ3) is 1.91. The highest BCUT2D eigenvalue weighted by molar-refractivity contribution is 5.86. The number of amides is 1. The Hall–Kier alpha value is -0.900. The van der Waals surface area contributed by atoms with Crippen LogP contribution in [0.1, 0.15) is 39.5 Å². The predicted molar refractivity (Wildman–Crippen MR) is 55.9 cm³/mol. The largest absolute Gasteiger partial charge is 0.298 e. The molecule has 1 atom stereocenters. The maximum Gasteiger partial charge on any atom is 0.239 e. The molecule has 0 aromatic rings. The second-order valence-corrected chi connectivity index (χ2v) is 5.02. The number of carbonyl (C=O) groups excluding carboxylic acids is 2. The van der Waals surface area contributed by atoms with Crippen molar-refractivity contribution < 1.29 is 9.59 Å². The van der Waals surface area contributed by atoms with Crippen LogP contribution in [0.15, 0.2) is 0 Å². The maximum absolute atomic E-state index is 11.7. The normalized spacial score (nSPS) is 31.9. The summed E-state index contributed by atoms with van der Waals surface area (Å²) in [6, 6.07) is 0. The minimum absolute atomic E-state index is 0.0220. The molecule has 0 aromatic carbocycles. The van der Waals surface area contributed by atoms with Gasteiger partial charge in [-0.15, -0.1) is 0 Å². The third-order valence-electron chi connectivity index (χ3n) is 3.60. The standard InChI is InChI=1S/C11H18N2O2/c1-8(14)7-13-10(15)6-11(2,12-13)9-4-3-5-9/h9,12H,3-7H2,1-2H3. The molecular weight excluding hydrogens is 192 g/mol. The van der Waals surface area contributed by atoms with Crippen LogP contribution in [-0.4, -0.2) is 28.8 Å². The van der Waals surface area contributed by atoms with Crippen molar-refractivity contribution in [3.63, 3.8) is 0 Å². The number of hydrazine groups is 1. The quantitative estimate of drug-likeness (QED) is 0.752. The summed E-state index contributed by atoms with van der Waals surface area (Å²) in [6.45, 7) is 3.80. The lowest BCUT2D eigenvalue weighted by Crippen LogP contribution is -2.51. The summed E-state index contributed by atoms with van der Waals surface area (Å²) in [5, 5.41) is 1.49. The van der Waals surface area contributed by atoms with Crippen LogP contribution in [-0.2, 0) is 9.59 Å². The van der Waals surface area contributed by atoms with Gasteiger partial charge in [-0.3, -0.25) is 14.6 Å². The van der Waals surface area contributed by atoms with E-state index < -0.39 is 0 Å². The number of nitrogens with zero attached hydrogens (tertiary/aromatic N) is 1. The molecule has 84 valence electrons. The Morgan fingerprint density at radius 2 is 2.27 bits per heavy atom. The number of nitrogens with one attached hydrogen (secondary N) is 1. The highest BCUT2D eigenvalue weighted by Gasteiger charge is 2.46. The van der Waals surface area contributed by atoms with E-state index in [2.05, 4.69) is 12.3 Å². The van der Waals surface area contributed by atoms with E-state index in [0.717, 1.165) is 0 Å². The Morgan fingerprint density at radius 3 is 2.73 bits per heavy atom.